The van der Waals surface area contributed by atoms with Gasteiger partial charge in [-0.05, 0) is 41.8 Å². The van der Waals surface area contributed by atoms with Crippen molar-refractivity contribution in [1.29, 1.82) is 0 Å². The molecule has 0 fully saturated rings. The standard InChI is InChI=1S/C23H21FN2O5S2/c1-31-22(28)20-18-11-12-26(21(27)16-5-3-2-4-6-16)14-19(18)32-23(20)33(29,30)25-13-15-7-9-17(24)10-8-15/h2-10,25H,11-14H2,1H3. The van der Waals surface area contributed by atoms with Crippen molar-refractivity contribution in [2.24, 2.45) is 0 Å². The monoisotopic (exact) mass is 488 g/mol. The van der Waals surface area contributed by atoms with Gasteiger partial charge in [0.2, 0.25) is 0 Å². The van der Waals surface area contributed by atoms with E-state index >= 15 is 0 Å². The normalized spacial score (nSPS) is 13.5. The molecule has 1 aliphatic heterocycles. The van der Waals surface area contributed by atoms with Gasteiger partial charge in [0.15, 0.2) is 0 Å². The lowest BCUT2D eigenvalue weighted by Crippen LogP contribution is -2.35. The van der Waals surface area contributed by atoms with Gasteiger partial charge in [-0.15, -0.1) is 11.3 Å². The van der Waals surface area contributed by atoms with E-state index in [2.05, 4.69) is 4.72 Å². The van der Waals surface area contributed by atoms with Gasteiger partial charge in [-0.2, -0.15) is 0 Å². The summed E-state index contributed by atoms with van der Waals surface area (Å²) in [4.78, 5) is 27.7. The summed E-state index contributed by atoms with van der Waals surface area (Å²) in [5.41, 5.74) is 1.71. The number of nitrogens with zero attached hydrogens (tertiary/aromatic N) is 1. The highest BCUT2D eigenvalue weighted by Gasteiger charge is 2.35. The number of rotatable bonds is 6. The molecule has 4 rings (SSSR count). The molecule has 1 aromatic heterocycles. The minimum Gasteiger partial charge on any atom is -0.465 e. The molecule has 33 heavy (non-hydrogen) atoms. The van der Waals surface area contributed by atoms with Crippen LogP contribution < -0.4 is 4.72 Å². The van der Waals surface area contributed by atoms with Crippen LogP contribution in [-0.4, -0.2) is 38.8 Å². The Morgan fingerprint density at radius 1 is 1.12 bits per heavy atom. The van der Waals surface area contributed by atoms with Crippen molar-refractivity contribution in [1.82, 2.24) is 9.62 Å². The predicted octanol–water partition coefficient (Wildman–Crippen LogP) is 3.35. The molecule has 0 radical (unpaired) electrons. The summed E-state index contributed by atoms with van der Waals surface area (Å²) in [5.74, 6) is -1.32. The van der Waals surface area contributed by atoms with Crippen molar-refractivity contribution in [3.63, 3.8) is 0 Å². The Morgan fingerprint density at radius 2 is 1.82 bits per heavy atom. The van der Waals surface area contributed by atoms with Crippen molar-refractivity contribution < 1.29 is 27.1 Å². The number of benzene rings is 2. The van der Waals surface area contributed by atoms with Crippen LogP contribution >= 0.6 is 11.3 Å². The maximum Gasteiger partial charge on any atom is 0.340 e. The first-order chi connectivity index (χ1) is 15.8. The van der Waals surface area contributed by atoms with E-state index < -0.39 is 21.8 Å². The van der Waals surface area contributed by atoms with Crippen LogP contribution in [0.1, 0.15) is 36.7 Å². The fraction of sp³-hybridized carbons (Fsp3) is 0.217. The Morgan fingerprint density at radius 3 is 2.48 bits per heavy atom. The van der Waals surface area contributed by atoms with Crippen LogP contribution in [0.4, 0.5) is 4.39 Å². The van der Waals surface area contributed by atoms with E-state index in [1.807, 2.05) is 6.07 Å². The largest absolute Gasteiger partial charge is 0.465 e. The van der Waals surface area contributed by atoms with Gasteiger partial charge in [0.05, 0.1) is 19.2 Å². The van der Waals surface area contributed by atoms with Crippen molar-refractivity contribution in [3.05, 3.63) is 87.5 Å². The third kappa shape index (κ3) is 4.82. The van der Waals surface area contributed by atoms with Gasteiger partial charge in [-0.1, -0.05) is 30.3 Å². The molecule has 0 saturated heterocycles. The third-order valence-corrected chi connectivity index (χ3v) is 8.48. The minimum absolute atomic E-state index is 0.0101. The predicted molar refractivity (Wildman–Crippen MR) is 121 cm³/mol. The van der Waals surface area contributed by atoms with E-state index in [9.17, 15) is 22.4 Å². The van der Waals surface area contributed by atoms with Crippen LogP contribution in [0.3, 0.4) is 0 Å². The van der Waals surface area contributed by atoms with Crippen LogP contribution in [0.15, 0.2) is 58.8 Å². The molecule has 172 valence electrons. The van der Waals surface area contributed by atoms with Crippen LogP contribution in [0.5, 0.6) is 0 Å². The number of esters is 1. The number of fused-ring (bicyclic) bond motifs is 1. The van der Waals surface area contributed by atoms with Gasteiger partial charge in [0.25, 0.3) is 15.9 Å². The molecule has 1 N–H and O–H groups in total. The number of halogens is 1. The number of nitrogens with one attached hydrogen (secondary N) is 1. The zero-order valence-electron chi connectivity index (χ0n) is 17.7. The molecule has 2 aromatic carbocycles. The molecular formula is C23H21FN2O5S2. The Labute approximate surface area is 194 Å². The first-order valence-electron chi connectivity index (χ1n) is 10.1. The summed E-state index contributed by atoms with van der Waals surface area (Å²) in [6, 6.07) is 14.3. The highest BCUT2D eigenvalue weighted by molar-refractivity contribution is 7.91. The van der Waals surface area contributed by atoms with Gasteiger partial charge >= 0.3 is 5.97 Å². The van der Waals surface area contributed by atoms with Gasteiger partial charge in [-0.25, -0.2) is 22.3 Å². The van der Waals surface area contributed by atoms with Crippen LogP contribution in [0.25, 0.3) is 0 Å². The highest BCUT2D eigenvalue weighted by Crippen LogP contribution is 2.37. The zero-order chi connectivity index (χ0) is 23.6. The number of thiophene rings is 1. The molecule has 7 nitrogen and oxygen atoms in total. The second-order valence-corrected chi connectivity index (χ2v) is 10.5. The fourth-order valence-electron chi connectivity index (χ4n) is 3.66. The smallest absolute Gasteiger partial charge is 0.340 e. The van der Waals surface area contributed by atoms with E-state index in [1.165, 1.54) is 31.4 Å². The molecule has 0 bridgehead atoms. The topological polar surface area (TPSA) is 92.8 Å². The summed E-state index contributed by atoms with van der Waals surface area (Å²) >= 11 is 0.961. The molecule has 1 aliphatic rings. The van der Waals surface area contributed by atoms with Crippen molar-refractivity contribution in [2.45, 2.75) is 23.7 Å². The van der Waals surface area contributed by atoms with E-state index in [1.54, 1.807) is 29.2 Å². The average molecular weight is 489 g/mol. The molecule has 10 heteroatoms. The second-order valence-electron chi connectivity index (χ2n) is 7.45. The van der Waals surface area contributed by atoms with Gasteiger partial charge in [-0.3, -0.25) is 4.79 Å². The summed E-state index contributed by atoms with van der Waals surface area (Å²) in [5, 5.41) is 0. The molecule has 3 aromatic rings. The number of carbonyl (C=O) groups is 2. The molecule has 1 amide bonds. The number of methoxy groups -OCH3 is 1. The Hall–Kier alpha value is -3.08. The molecule has 0 unspecified atom stereocenters. The first kappa shape index (κ1) is 23.1. The van der Waals surface area contributed by atoms with Crippen LogP contribution in [-0.2, 0) is 34.3 Å². The van der Waals surface area contributed by atoms with Crippen LogP contribution in [0.2, 0.25) is 0 Å². The Bertz CT molecular complexity index is 1290. The summed E-state index contributed by atoms with van der Waals surface area (Å²) in [6.07, 6.45) is 0.336. The van der Waals surface area contributed by atoms with Crippen molar-refractivity contribution in [2.75, 3.05) is 13.7 Å². The maximum atomic E-state index is 13.1. The number of hydrogen-bond acceptors (Lipinski definition) is 6. The van der Waals surface area contributed by atoms with Crippen molar-refractivity contribution >= 4 is 33.2 Å². The molecule has 0 aliphatic carbocycles. The van der Waals surface area contributed by atoms with E-state index in [4.69, 9.17) is 4.74 Å². The summed E-state index contributed by atoms with van der Waals surface area (Å²) in [7, 11) is -2.87. The molecular weight excluding hydrogens is 467 g/mol. The zero-order valence-corrected chi connectivity index (χ0v) is 19.3. The molecule has 0 saturated carbocycles. The highest BCUT2D eigenvalue weighted by atomic mass is 32.2. The van der Waals surface area contributed by atoms with E-state index in [0.29, 0.717) is 34.5 Å². The number of sulfonamides is 1. The number of hydrogen-bond donors (Lipinski definition) is 1. The Balaban J connectivity index is 1.63. The number of amides is 1. The SMILES string of the molecule is COC(=O)c1c(S(=O)(=O)NCc2ccc(F)cc2)sc2c1CCN(C(=O)c1ccccc1)C2. The minimum atomic E-state index is -4.07. The lowest BCUT2D eigenvalue weighted by Gasteiger charge is -2.27. The molecule has 0 spiro atoms. The summed E-state index contributed by atoms with van der Waals surface area (Å²) in [6.45, 7) is 0.486. The van der Waals surface area contributed by atoms with E-state index in [0.717, 1.165) is 11.3 Å². The van der Waals surface area contributed by atoms with Gasteiger partial charge < -0.3 is 9.64 Å². The Kier molecular flexibility index (Phi) is 6.59. The third-order valence-electron chi connectivity index (χ3n) is 5.35. The quantitative estimate of drug-likeness (QED) is 0.537. The van der Waals surface area contributed by atoms with Gasteiger partial charge in [0.1, 0.15) is 10.0 Å². The van der Waals surface area contributed by atoms with E-state index in [-0.39, 0.29) is 28.8 Å². The van der Waals surface area contributed by atoms with Crippen LogP contribution in [0, 0.1) is 5.82 Å². The second kappa shape index (κ2) is 9.42. The lowest BCUT2D eigenvalue weighted by molar-refractivity contribution is 0.0595. The van der Waals surface area contributed by atoms with Gasteiger partial charge in [0, 0.05) is 23.5 Å². The molecule has 0 atom stereocenters. The summed E-state index contributed by atoms with van der Waals surface area (Å²) < 4.78 is 46.5. The number of ether oxygens (including phenoxy) is 1. The maximum absolute atomic E-state index is 13.1. The molecule has 2 heterocycles. The average Bonchev–Trinajstić information content (AvgIpc) is 3.23. The fourth-order valence-corrected chi connectivity index (χ4v) is 6.62. The van der Waals surface area contributed by atoms with Crippen molar-refractivity contribution in [3.8, 4) is 0 Å². The number of carbonyl (C=O) groups excluding carboxylic acids is 2. The lowest BCUT2D eigenvalue weighted by atomic mass is 10.0. The first-order valence-corrected chi connectivity index (χ1v) is 12.4.